The lowest BCUT2D eigenvalue weighted by Crippen LogP contribution is -1.84. The molecule has 2 heteroatoms. The molecule has 0 atom stereocenters. The summed E-state index contributed by atoms with van der Waals surface area (Å²) in [6, 6.07) is 34.9. The molecule has 7 rings (SSSR count). The zero-order chi connectivity index (χ0) is 19.7. The maximum atomic E-state index is 3.63. The SMILES string of the molecule is c1ccc2c(c1)[nH]c1cc(-c3cc4[nH]c5ccccc5c4c4ccccc34)ccc12. The Morgan fingerprint density at radius 1 is 0.400 bits per heavy atom. The minimum absolute atomic E-state index is 1.18. The number of hydrogen-bond donors (Lipinski definition) is 2. The van der Waals surface area contributed by atoms with Crippen LogP contribution in [0, 0.1) is 0 Å². The third-order valence-electron chi connectivity index (χ3n) is 6.33. The highest BCUT2D eigenvalue weighted by Crippen LogP contribution is 2.39. The fourth-order valence-corrected chi connectivity index (χ4v) is 4.98. The molecule has 2 N–H and O–H groups in total. The van der Waals surface area contributed by atoms with Crippen LogP contribution in [0.2, 0.25) is 0 Å². The fraction of sp³-hybridized carbons (Fsp3) is 0. The summed E-state index contributed by atoms with van der Waals surface area (Å²) in [7, 11) is 0. The minimum atomic E-state index is 1.18. The zero-order valence-electron chi connectivity index (χ0n) is 16.2. The smallest absolute Gasteiger partial charge is 0.0477 e. The van der Waals surface area contributed by atoms with Crippen LogP contribution < -0.4 is 0 Å². The molecule has 5 aromatic carbocycles. The summed E-state index contributed by atoms with van der Waals surface area (Å²) in [5.74, 6) is 0. The number of H-pyrrole nitrogens is 2. The number of aromatic amines is 2. The van der Waals surface area contributed by atoms with Gasteiger partial charge in [0.05, 0.1) is 0 Å². The molecular formula is C28H18N2. The average molecular weight is 382 g/mol. The Morgan fingerprint density at radius 2 is 1.00 bits per heavy atom. The summed E-state index contributed by atoms with van der Waals surface area (Å²) in [4.78, 5) is 7.22. The number of para-hydroxylation sites is 2. The van der Waals surface area contributed by atoms with Gasteiger partial charge in [-0.2, -0.15) is 0 Å². The highest BCUT2D eigenvalue weighted by atomic mass is 14.7. The van der Waals surface area contributed by atoms with Gasteiger partial charge in [0.25, 0.3) is 0 Å². The second-order valence-electron chi connectivity index (χ2n) is 7.99. The normalized spacial score (nSPS) is 12.0. The van der Waals surface area contributed by atoms with E-state index in [0.29, 0.717) is 0 Å². The van der Waals surface area contributed by atoms with Crippen molar-refractivity contribution in [2.24, 2.45) is 0 Å². The van der Waals surface area contributed by atoms with Gasteiger partial charge in [-0.25, -0.2) is 0 Å². The molecule has 0 aliphatic carbocycles. The van der Waals surface area contributed by atoms with Gasteiger partial charge in [0.15, 0.2) is 0 Å². The molecule has 0 radical (unpaired) electrons. The summed E-state index contributed by atoms with van der Waals surface area (Å²) in [6.45, 7) is 0. The standard InChI is InChI=1S/C28H18N2/c1-2-9-21-18(7-1)23(16-27-28(21)22-10-4-6-12-25(22)30-27)17-13-14-20-19-8-3-5-11-24(19)29-26(20)15-17/h1-16,29-30H. The summed E-state index contributed by atoms with van der Waals surface area (Å²) in [6.07, 6.45) is 0. The summed E-state index contributed by atoms with van der Waals surface area (Å²) in [5.41, 5.74) is 7.20. The van der Waals surface area contributed by atoms with E-state index < -0.39 is 0 Å². The van der Waals surface area contributed by atoms with E-state index >= 15 is 0 Å². The molecule has 0 fully saturated rings. The van der Waals surface area contributed by atoms with Crippen LogP contribution in [0.1, 0.15) is 0 Å². The maximum absolute atomic E-state index is 3.63. The van der Waals surface area contributed by atoms with Crippen LogP contribution in [-0.2, 0) is 0 Å². The number of benzene rings is 5. The van der Waals surface area contributed by atoms with Crippen molar-refractivity contribution in [1.82, 2.24) is 9.97 Å². The lowest BCUT2D eigenvalue weighted by Gasteiger charge is -2.09. The summed E-state index contributed by atoms with van der Waals surface area (Å²) < 4.78 is 0. The van der Waals surface area contributed by atoms with Crippen LogP contribution >= 0.6 is 0 Å². The molecule has 2 aromatic heterocycles. The summed E-state index contributed by atoms with van der Waals surface area (Å²) >= 11 is 0. The minimum Gasteiger partial charge on any atom is -0.354 e. The predicted octanol–water partition coefficient (Wildman–Crippen LogP) is 7.78. The van der Waals surface area contributed by atoms with Gasteiger partial charge in [-0.1, -0.05) is 72.8 Å². The molecule has 0 aliphatic rings. The van der Waals surface area contributed by atoms with Gasteiger partial charge in [-0.05, 0) is 46.2 Å². The van der Waals surface area contributed by atoms with E-state index in [1.54, 1.807) is 0 Å². The number of hydrogen-bond acceptors (Lipinski definition) is 0. The molecule has 0 bridgehead atoms. The van der Waals surface area contributed by atoms with Gasteiger partial charge in [-0.3, -0.25) is 0 Å². The molecule has 0 spiro atoms. The Bertz CT molecular complexity index is 1750. The van der Waals surface area contributed by atoms with Gasteiger partial charge in [0.2, 0.25) is 0 Å². The predicted molar refractivity (Wildman–Crippen MR) is 128 cm³/mol. The Hall–Kier alpha value is -4.04. The van der Waals surface area contributed by atoms with E-state index in [4.69, 9.17) is 0 Å². The number of fused-ring (bicyclic) bond motifs is 8. The molecule has 2 nitrogen and oxygen atoms in total. The van der Waals surface area contributed by atoms with Crippen molar-refractivity contribution in [3.8, 4) is 11.1 Å². The summed E-state index contributed by atoms with van der Waals surface area (Å²) in [5, 5.41) is 7.70. The van der Waals surface area contributed by atoms with Crippen molar-refractivity contribution in [3.05, 3.63) is 97.1 Å². The molecule has 0 aliphatic heterocycles. The zero-order valence-corrected chi connectivity index (χ0v) is 16.2. The van der Waals surface area contributed by atoms with E-state index in [2.05, 4.69) is 107 Å². The van der Waals surface area contributed by atoms with Crippen LogP contribution in [0.4, 0.5) is 0 Å². The van der Waals surface area contributed by atoms with Gasteiger partial charge < -0.3 is 9.97 Å². The molecule has 0 saturated heterocycles. The number of aromatic nitrogens is 2. The third-order valence-corrected chi connectivity index (χ3v) is 6.33. The first kappa shape index (κ1) is 15.8. The van der Waals surface area contributed by atoms with Crippen molar-refractivity contribution in [2.45, 2.75) is 0 Å². The first-order valence-electron chi connectivity index (χ1n) is 10.3. The van der Waals surface area contributed by atoms with Gasteiger partial charge in [0.1, 0.15) is 0 Å². The van der Waals surface area contributed by atoms with Gasteiger partial charge >= 0.3 is 0 Å². The number of rotatable bonds is 1. The van der Waals surface area contributed by atoms with E-state index in [-0.39, 0.29) is 0 Å². The van der Waals surface area contributed by atoms with Crippen LogP contribution in [-0.4, -0.2) is 9.97 Å². The Kier molecular flexibility index (Phi) is 3.03. The van der Waals surface area contributed by atoms with E-state index in [1.165, 1.54) is 65.5 Å². The highest BCUT2D eigenvalue weighted by molar-refractivity contribution is 6.23. The maximum Gasteiger partial charge on any atom is 0.0477 e. The van der Waals surface area contributed by atoms with Crippen LogP contribution in [0.25, 0.3) is 65.5 Å². The molecule has 0 saturated carbocycles. The molecule has 140 valence electrons. The van der Waals surface area contributed by atoms with Gasteiger partial charge in [-0.15, -0.1) is 0 Å². The molecule has 30 heavy (non-hydrogen) atoms. The largest absolute Gasteiger partial charge is 0.354 e. The molecule has 0 unspecified atom stereocenters. The van der Waals surface area contributed by atoms with Gasteiger partial charge in [0, 0.05) is 43.6 Å². The third kappa shape index (κ3) is 2.08. The van der Waals surface area contributed by atoms with Crippen molar-refractivity contribution in [2.75, 3.05) is 0 Å². The van der Waals surface area contributed by atoms with Crippen LogP contribution in [0.5, 0.6) is 0 Å². The highest BCUT2D eigenvalue weighted by Gasteiger charge is 2.13. The molecule has 2 heterocycles. The Morgan fingerprint density at radius 3 is 1.83 bits per heavy atom. The van der Waals surface area contributed by atoms with E-state index in [9.17, 15) is 0 Å². The van der Waals surface area contributed by atoms with Crippen molar-refractivity contribution in [3.63, 3.8) is 0 Å². The van der Waals surface area contributed by atoms with Crippen molar-refractivity contribution < 1.29 is 0 Å². The Labute approximate surface area is 172 Å². The fourth-order valence-electron chi connectivity index (χ4n) is 4.98. The van der Waals surface area contributed by atoms with Crippen molar-refractivity contribution in [1.29, 1.82) is 0 Å². The lowest BCUT2D eigenvalue weighted by molar-refractivity contribution is 1.54. The van der Waals surface area contributed by atoms with Crippen LogP contribution in [0.15, 0.2) is 97.1 Å². The van der Waals surface area contributed by atoms with E-state index in [0.717, 1.165) is 0 Å². The van der Waals surface area contributed by atoms with Crippen LogP contribution in [0.3, 0.4) is 0 Å². The second-order valence-corrected chi connectivity index (χ2v) is 7.99. The quantitative estimate of drug-likeness (QED) is 0.290. The van der Waals surface area contributed by atoms with Crippen molar-refractivity contribution >= 4 is 54.4 Å². The molecular weight excluding hydrogens is 364 g/mol. The second kappa shape index (κ2) is 5.74. The molecule has 7 aromatic rings. The monoisotopic (exact) mass is 382 g/mol. The Balaban J connectivity index is 1.58. The number of nitrogens with one attached hydrogen (secondary N) is 2. The molecule has 0 amide bonds. The van der Waals surface area contributed by atoms with E-state index in [1.807, 2.05) is 0 Å². The first-order valence-corrected chi connectivity index (χ1v) is 10.3. The topological polar surface area (TPSA) is 31.6 Å². The first-order chi connectivity index (χ1) is 14.9. The lowest BCUT2D eigenvalue weighted by atomic mass is 9.94. The average Bonchev–Trinajstić information content (AvgIpc) is 3.36.